The van der Waals surface area contributed by atoms with E-state index in [1.807, 2.05) is 0 Å². The van der Waals surface area contributed by atoms with Crippen LogP contribution in [-0.2, 0) is 9.05 Å². The highest BCUT2D eigenvalue weighted by Crippen LogP contribution is 2.30. The summed E-state index contributed by atoms with van der Waals surface area (Å²) < 4.78 is 27.9. The number of halogens is 3. The summed E-state index contributed by atoms with van der Waals surface area (Å²) in [4.78, 5) is -0.0354. The van der Waals surface area contributed by atoms with Crippen molar-refractivity contribution < 1.29 is 13.2 Å². The van der Waals surface area contributed by atoms with E-state index in [-0.39, 0.29) is 4.90 Å². The van der Waals surface area contributed by atoms with E-state index in [1.54, 1.807) is 18.2 Å². The van der Waals surface area contributed by atoms with E-state index in [0.717, 1.165) is 0 Å². The quantitative estimate of drug-likeness (QED) is 0.762. The summed E-state index contributed by atoms with van der Waals surface area (Å²) in [5.74, 6) is 0.777. The first-order valence-corrected chi connectivity index (χ1v) is 8.10. The van der Waals surface area contributed by atoms with Crippen LogP contribution in [-0.4, -0.2) is 8.42 Å². The standard InChI is InChI=1S/C12H7Cl3O3S/c13-11-5-4-9(7-12(11)14)18-8-2-1-3-10(6-8)19(15,16)17/h1-7H. The van der Waals surface area contributed by atoms with Gasteiger partial charge in [0.2, 0.25) is 0 Å². The van der Waals surface area contributed by atoms with Crippen LogP contribution in [0, 0.1) is 0 Å². The number of benzene rings is 2. The Labute approximate surface area is 125 Å². The Morgan fingerprint density at radius 3 is 2.21 bits per heavy atom. The largest absolute Gasteiger partial charge is 0.457 e. The molecule has 0 bridgehead atoms. The molecule has 0 atom stereocenters. The molecule has 7 heteroatoms. The first kappa shape index (κ1) is 14.5. The normalized spacial score (nSPS) is 11.3. The Balaban J connectivity index is 2.31. The fourth-order valence-electron chi connectivity index (χ4n) is 1.37. The van der Waals surface area contributed by atoms with Crippen molar-refractivity contribution in [2.24, 2.45) is 0 Å². The third-order valence-corrected chi connectivity index (χ3v) is 4.30. The van der Waals surface area contributed by atoms with Crippen molar-refractivity contribution in [3.63, 3.8) is 0 Å². The molecule has 19 heavy (non-hydrogen) atoms. The van der Waals surface area contributed by atoms with Gasteiger partial charge >= 0.3 is 0 Å². The first-order valence-electron chi connectivity index (χ1n) is 5.04. The summed E-state index contributed by atoms with van der Waals surface area (Å²) in [6.07, 6.45) is 0. The molecule has 100 valence electrons. The van der Waals surface area contributed by atoms with Crippen LogP contribution in [0.15, 0.2) is 47.4 Å². The molecule has 0 spiro atoms. The van der Waals surface area contributed by atoms with E-state index in [4.69, 9.17) is 38.6 Å². The van der Waals surface area contributed by atoms with Gasteiger partial charge in [-0.25, -0.2) is 8.42 Å². The van der Waals surface area contributed by atoms with E-state index >= 15 is 0 Å². The Morgan fingerprint density at radius 1 is 0.895 bits per heavy atom. The van der Waals surface area contributed by atoms with Gasteiger partial charge in [0, 0.05) is 22.8 Å². The molecule has 0 saturated heterocycles. The third-order valence-electron chi connectivity index (χ3n) is 2.21. The molecule has 0 fully saturated rings. The van der Waals surface area contributed by atoms with Gasteiger partial charge in [-0.15, -0.1) is 0 Å². The van der Waals surface area contributed by atoms with E-state index in [2.05, 4.69) is 0 Å². The molecule has 0 aliphatic heterocycles. The number of hydrogen-bond donors (Lipinski definition) is 0. The molecule has 0 aliphatic carbocycles. The minimum Gasteiger partial charge on any atom is -0.457 e. The van der Waals surface area contributed by atoms with Crippen molar-refractivity contribution >= 4 is 42.9 Å². The van der Waals surface area contributed by atoms with Crippen molar-refractivity contribution in [3.05, 3.63) is 52.5 Å². The summed E-state index contributed by atoms with van der Waals surface area (Å²) in [6.45, 7) is 0. The molecule has 0 saturated carbocycles. The van der Waals surface area contributed by atoms with Crippen LogP contribution >= 0.6 is 33.9 Å². The Hall–Kier alpha value is -0.940. The molecule has 0 N–H and O–H groups in total. The number of hydrogen-bond acceptors (Lipinski definition) is 3. The zero-order valence-corrected chi connectivity index (χ0v) is 12.4. The van der Waals surface area contributed by atoms with Crippen molar-refractivity contribution in [1.29, 1.82) is 0 Å². The van der Waals surface area contributed by atoms with Crippen LogP contribution in [0.4, 0.5) is 0 Å². The van der Waals surface area contributed by atoms with Gasteiger partial charge in [0.05, 0.1) is 14.9 Å². The summed E-state index contributed by atoms with van der Waals surface area (Å²) >= 11 is 11.6. The lowest BCUT2D eigenvalue weighted by Gasteiger charge is -2.07. The highest BCUT2D eigenvalue weighted by molar-refractivity contribution is 8.13. The predicted molar refractivity (Wildman–Crippen MR) is 76.0 cm³/mol. The minimum atomic E-state index is -3.79. The molecule has 0 unspecified atom stereocenters. The minimum absolute atomic E-state index is 0.0354. The molecular weight excluding hydrogens is 331 g/mol. The fourth-order valence-corrected chi connectivity index (χ4v) is 2.44. The van der Waals surface area contributed by atoms with E-state index < -0.39 is 9.05 Å². The molecule has 2 aromatic carbocycles. The monoisotopic (exact) mass is 336 g/mol. The van der Waals surface area contributed by atoms with Gasteiger partial charge in [-0.2, -0.15) is 0 Å². The first-order chi connectivity index (χ1) is 8.86. The van der Waals surface area contributed by atoms with Gasteiger partial charge in [-0.3, -0.25) is 0 Å². The zero-order valence-electron chi connectivity index (χ0n) is 9.31. The van der Waals surface area contributed by atoms with Crippen molar-refractivity contribution in [3.8, 4) is 11.5 Å². The van der Waals surface area contributed by atoms with E-state index in [1.165, 1.54) is 24.3 Å². The van der Waals surface area contributed by atoms with Crippen molar-refractivity contribution in [2.45, 2.75) is 4.90 Å². The Morgan fingerprint density at radius 2 is 1.58 bits per heavy atom. The van der Waals surface area contributed by atoms with Crippen LogP contribution < -0.4 is 4.74 Å². The molecular formula is C12H7Cl3O3S. The summed E-state index contributed by atoms with van der Waals surface area (Å²) in [6, 6.07) is 10.6. The average molecular weight is 338 g/mol. The van der Waals surface area contributed by atoms with Gasteiger partial charge < -0.3 is 4.74 Å². The molecule has 0 amide bonds. The second kappa shape index (κ2) is 5.59. The predicted octanol–water partition coefficient (Wildman–Crippen LogP) is 4.71. The molecule has 2 rings (SSSR count). The zero-order chi connectivity index (χ0) is 14.0. The maximum Gasteiger partial charge on any atom is 0.261 e. The van der Waals surface area contributed by atoms with Crippen LogP contribution in [0.1, 0.15) is 0 Å². The van der Waals surface area contributed by atoms with Crippen LogP contribution in [0.5, 0.6) is 11.5 Å². The van der Waals surface area contributed by atoms with Crippen LogP contribution in [0.25, 0.3) is 0 Å². The molecule has 0 radical (unpaired) electrons. The second-order valence-electron chi connectivity index (χ2n) is 3.59. The van der Waals surface area contributed by atoms with Crippen LogP contribution in [0.2, 0.25) is 10.0 Å². The smallest absolute Gasteiger partial charge is 0.261 e. The topological polar surface area (TPSA) is 43.4 Å². The number of ether oxygens (including phenoxy) is 1. The lowest BCUT2D eigenvalue weighted by Crippen LogP contribution is -1.91. The highest BCUT2D eigenvalue weighted by atomic mass is 35.7. The lowest BCUT2D eigenvalue weighted by molar-refractivity contribution is 0.481. The third kappa shape index (κ3) is 3.76. The molecule has 3 nitrogen and oxygen atoms in total. The molecule has 2 aromatic rings. The SMILES string of the molecule is O=S(=O)(Cl)c1cccc(Oc2ccc(Cl)c(Cl)c2)c1. The van der Waals surface area contributed by atoms with Crippen molar-refractivity contribution in [2.75, 3.05) is 0 Å². The summed E-state index contributed by atoms with van der Waals surface area (Å²) in [5.41, 5.74) is 0. The Bertz CT molecular complexity index is 714. The van der Waals surface area contributed by atoms with Gasteiger partial charge in [0.1, 0.15) is 11.5 Å². The van der Waals surface area contributed by atoms with Gasteiger partial charge in [0.25, 0.3) is 9.05 Å². The maximum absolute atomic E-state index is 11.2. The summed E-state index contributed by atoms with van der Waals surface area (Å²) in [5, 5.41) is 0.756. The highest BCUT2D eigenvalue weighted by Gasteiger charge is 2.11. The average Bonchev–Trinajstić information content (AvgIpc) is 2.33. The van der Waals surface area contributed by atoms with Crippen LogP contribution in [0.3, 0.4) is 0 Å². The van der Waals surface area contributed by atoms with Gasteiger partial charge in [0.15, 0.2) is 0 Å². The second-order valence-corrected chi connectivity index (χ2v) is 6.97. The Kier molecular flexibility index (Phi) is 4.26. The molecule has 0 aromatic heterocycles. The summed E-state index contributed by atoms with van der Waals surface area (Å²) in [7, 11) is 1.47. The molecule has 0 heterocycles. The van der Waals surface area contributed by atoms with Gasteiger partial charge in [-0.1, -0.05) is 29.3 Å². The number of rotatable bonds is 3. The maximum atomic E-state index is 11.2. The fraction of sp³-hybridized carbons (Fsp3) is 0. The van der Waals surface area contributed by atoms with Crippen molar-refractivity contribution in [1.82, 2.24) is 0 Å². The van der Waals surface area contributed by atoms with E-state index in [0.29, 0.717) is 21.5 Å². The van der Waals surface area contributed by atoms with E-state index in [9.17, 15) is 8.42 Å². The molecule has 0 aliphatic rings. The van der Waals surface area contributed by atoms with Gasteiger partial charge in [-0.05, 0) is 24.3 Å². The lowest BCUT2D eigenvalue weighted by atomic mass is 10.3.